The second-order valence-electron chi connectivity index (χ2n) is 5.81. The molecule has 0 atom stereocenters. The normalized spacial score (nSPS) is 11.6. The highest BCUT2D eigenvalue weighted by Gasteiger charge is 2.35. The van der Waals surface area contributed by atoms with Crippen LogP contribution in [0.3, 0.4) is 0 Å². The van der Waals surface area contributed by atoms with Crippen molar-refractivity contribution in [1.82, 2.24) is 35.3 Å². The van der Waals surface area contributed by atoms with E-state index in [1.165, 1.54) is 6.92 Å². The fourth-order valence-electron chi connectivity index (χ4n) is 2.37. The summed E-state index contributed by atoms with van der Waals surface area (Å²) in [6, 6.07) is 7.22. The highest BCUT2D eigenvalue weighted by Crippen LogP contribution is 2.26. The van der Waals surface area contributed by atoms with E-state index in [1.54, 1.807) is 23.3 Å². The number of aromatic amines is 1. The van der Waals surface area contributed by atoms with Crippen molar-refractivity contribution in [2.24, 2.45) is 0 Å². The van der Waals surface area contributed by atoms with Gasteiger partial charge in [-0.05, 0) is 31.2 Å². The number of alkyl halides is 3. The van der Waals surface area contributed by atoms with Crippen LogP contribution in [0.1, 0.15) is 34.8 Å². The van der Waals surface area contributed by atoms with Crippen LogP contribution in [0.5, 0.6) is 0 Å². The largest absolute Gasteiger partial charge is 0.451 e. The smallest absolute Gasteiger partial charge is 0.319 e. The maximum atomic E-state index is 12.7. The number of hydrogen-bond acceptors (Lipinski definition) is 6. The standard InChI is InChI=1S/C16H17F3N8O/c1-3-20-8-10-5-4-6-11(7-10)22-13(28)12-21-9(2)27(26-12)15-23-14(24-25-15)16(17,18)19/h4-7,20H,3,8H2,1-2H3,(H,22,28)(H,23,24,25). The second-order valence-corrected chi connectivity index (χ2v) is 5.81. The third-order valence-electron chi connectivity index (χ3n) is 3.67. The number of aromatic nitrogens is 6. The molecule has 0 saturated heterocycles. The Balaban J connectivity index is 1.77. The highest BCUT2D eigenvalue weighted by atomic mass is 19.4. The maximum Gasteiger partial charge on any atom is 0.451 e. The molecule has 1 amide bonds. The number of nitrogens with one attached hydrogen (secondary N) is 3. The minimum atomic E-state index is -4.67. The molecule has 0 unspecified atom stereocenters. The van der Waals surface area contributed by atoms with Gasteiger partial charge in [0.2, 0.25) is 11.6 Å². The van der Waals surface area contributed by atoms with Gasteiger partial charge in [-0.25, -0.2) is 4.98 Å². The quantitative estimate of drug-likeness (QED) is 0.590. The first-order chi connectivity index (χ1) is 13.3. The average molecular weight is 394 g/mol. The molecule has 148 valence electrons. The number of amides is 1. The number of benzene rings is 1. The number of aryl methyl sites for hydroxylation is 1. The van der Waals surface area contributed by atoms with Crippen LogP contribution in [0.25, 0.3) is 5.95 Å². The SMILES string of the molecule is CCNCc1cccc(NC(=O)c2nc(C)n(-c3n[nH]c(C(F)(F)F)n3)n2)c1. The Morgan fingerprint density at radius 3 is 2.75 bits per heavy atom. The molecular formula is C16H17F3N8O. The summed E-state index contributed by atoms with van der Waals surface area (Å²) in [5.41, 5.74) is 1.53. The van der Waals surface area contributed by atoms with Crippen molar-refractivity contribution in [3.8, 4) is 5.95 Å². The number of rotatable bonds is 6. The predicted octanol–water partition coefficient (Wildman–Crippen LogP) is 2.07. The first kappa shape index (κ1) is 19.5. The first-order valence-corrected chi connectivity index (χ1v) is 8.32. The van der Waals surface area contributed by atoms with Gasteiger partial charge in [-0.15, -0.1) is 10.2 Å². The molecule has 0 bridgehead atoms. The molecule has 28 heavy (non-hydrogen) atoms. The predicted molar refractivity (Wildman–Crippen MR) is 92.8 cm³/mol. The zero-order chi connectivity index (χ0) is 20.3. The maximum absolute atomic E-state index is 12.7. The molecule has 0 fully saturated rings. The number of carbonyl (C=O) groups excluding carboxylic acids is 1. The number of hydrogen-bond donors (Lipinski definition) is 3. The lowest BCUT2D eigenvalue weighted by atomic mass is 10.2. The van der Waals surface area contributed by atoms with Crippen LogP contribution in [-0.2, 0) is 12.7 Å². The number of anilines is 1. The van der Waals surface area contributed by atoms with Crippen molar-refractivity contribution in [2.45, 2.75) is 26.6 Å². The minimum absolute atomic E-state index is 0.166. The van der Waals surface area contributed by atoms with Gasteiger partial charge in [-0.2, -0.15) is 22.8 Å². The summed E-state index contributed by atoms with van der Waals surface area (Å²) in [5.74, 6) is -2.27. The Kier molecular flexibility index (Phi) is 5.40. The van der Waals surface area contributed by atoms with Crippen molar-refractivity contribution in [1.29, 1.82) is 0 Å². The Labute approximate surface area is 157 Å². The van der Waals surface area contributed by atoms with E-state index >= 15 is 0 Å². The summed E-state index contributed by atoms with van der Waals surface area (Å²) in [5, 5.41) is 15.0. The molecule has 0 aliphatic heterocycles. The van der Waals surface area contributed by atoms with Crippen molar-refractivity contribution in [3.63, 3.8) is 0 Å². The number of H-pyrrole nitrogens is 1. The van der Waals surface area contributed by atoms with Crippen molar-refractivity contribution >= 4 is 11.6 Å². The number of carbonyl (C=O) groups is 1. The molecule has 2 heterocycles. The fraction of sp³-hybridized carbons (Fsp3) is 0.312. The molecule has 3 rings (SSSR count). The van der Waals surface area contributed by atoms with Gasteiger partial charge in [0.1, 0.15) is 5.82 Å². The summed E-state index contributed by atoms with van der Waals surface area (Å²) >= 11 is 0. The lowest BCUT2D eigenvalue weighted by molar-refractivity contribution is -0.144. The average Bonchev–Trinajstić information content (AvgIpc) is 3.26. The van der Waals surface area contributed by atoms with E-state index in [9.17, 15) is 18.0 Å². The molecule has 0 saturated carbocycles. The molecule has 9 nitrogen and oxygen atoms in total. The van der Waals surface area contributed by atoms with Crippen LogP contribution in [0.4, 0.5) is 18.9 Å². The van der Waals surface area contributed by atoms with Crippen molar-refractivity contribution in [3.05, 3.63) is 47.3 Å². The van der Waals surface area contributed by atoms with E-state index < -0.39 is 17.9 Å². The zero-order valence-corrected chi connectivity index (χ0v) is 15.0. The van der Waals surface area contributed by atoms with Crippen molar-refractivity contribution in [2.75, 3.05) is 11.9 Å². The molecular weight excluding hydrogens is 377 g/mol. The Morgan fingerprint density at radius 2 is 2.07 bits per heavy atom. The Hall–Kier alpha value is -3.28. The first-order valence-electron chi connectivity index (χ1n) is 8.32. The number of nitrogens with zero attached hydrogens (tertiary/aromatic N) is 5. The molecule has 1 aromatic carbocycles. The second kappa shape index (κ2) is 7.76. The Morgan fingerprint density at radius 1 is 1.29 bits per heavy atom. The van der Waals surface area contributed by atoms with Crippen LogP contribution in [0, 0.1) is 6.92 Å². The summed E-state index contributed by atoms with van der Waals surface area (Å²) in [7, 11) is 0. The van der Waals surface area contributed by atoms with E-state index in [0.717, 1.165) is 16.8 Å². The zero-order valence-electron chi connectivity index (χ0n) is 15.0. The molecule has 3 N–H and O–H groups in total. The number of halogens is 3. The summed E-state index contributed by atoms with van der Waals surface area (Å²) in [6.45, 7) is 4.93. The van der Waals surface area contributed by atoms with Gasteiger partial charge in [0, 0.05) is 12.2 Å². The minimum Gasteiger partial charge on any atom is -0.319 e. The van der Waals surface area contributed by atoms with Gasteiger partial charge >= 0.3 is 6.18 Å². The van der Waals surface area contributed by atoms with E-state index in [-0.39, 0.29) is 17.6 Å². The lowest BCUT2D eigenvalue weighted by Gasteiger charge is -2.06. The van der Waals surface area contributed by atoms with Gasteiger partial charge in [0.15, 0.2) is 0 Å². The van der Waals surface area contributed by atoms with Crippen LogP contribution < -0.4 is 10.6 Å². The lowest BCUT2D eigenvalue weighted by Crippen LogP contribution is -2.15. The fourth-order valence-corrected chi connectivity index (χ4v) is 2.37. The molecule has 0 spiro atoms. The van der Waals surface area contributed by atoms with Crippen molar-refractivity contribution < 1.29 is 18.0 Å². The van der Waals surface area contributed by atoms with Crippen LogP contribution >= 0.6 is 0 Å². The van der Waals surface area contributed by atoms with E-state index in [2.05, 4.69) is 30.8 Å². The Bertz CT molecular complexity index is 978. The van der Waals surface area contributed by atoms with Crippen LogP contribution in [-0.4, -0.2) is 42.4 Å². The molecule has 2 aromatic heterocycles. The van der Waals surface area contributed by atoms with E-state index in [0.29, 0.717) is 12.2 Å². The summed E-state index contributed by atoms with van der Waals surface area (Å²) < 4.78 is 38.9. The van der Waals surface area contributed by atoms with E-state index in [4.69, 9.17) is 0 Å². The van der Waals surface area contributed by atoms with Crippen LogP contribution in [0.2, 0.25) is 0 Å². The van der Waals surface area contributed by atoms with Gasteiger partial charge in [0.05, 0.1) is 0 Å². The summed E-state index contributed by atoms with van der Waals surface area (Å²) in [4.78, 5) is 19.7. The highest BCUT2D eigenvalue weighted by molar-refractivity contribution is 6.01. The van der Waals surface area contributed by atoms with Gasteiger partial charge in [-0.1, -0.05) is 19.1 Å². The van der Waals surface area contributed by atoms with Gasteiger partial charge in [0.25, 0.3) is 11.9 Å². The summed E-state index contributed by atoms with van der Waals surface area (Å²) in [6.07, 6.45) is -4.67. The third kappa shape index (κ3) is 4.34. The topological polar surface area (TPSA) is 113 Å². The van der Waals surface area contributed by atoms with Crippen LogP contribution in [0.15, 0.2) is 24.3 Å². The molecule has 12 heteroatoms. The molecule has 0 aliphatic rings. The molecule has 3 aromatic rings. The third-order valence-corrected chi connectivity index (χ3v) is 3.67. The van der Waals surface area contributed by atoms with Gasteiger partial charge < -0.3 is 10.6 Å². The van der Waals surface area contributed by atoms with E-state index in [1.807, 2.05) is 13.0 Å². The monoisotopic (exact) mass is 394 g/mol. The molecule has 0 radical (unpaired) electrons. The van der Waals surface area contributed by atoms with Gasteiger partial charge in [-0.3, -0.25) is 9.89 Å². The molecule has 0 aliphatic carbocycles.